The SMILES string of the molecule is COc1cccc(-c2nc(CS(=O)(=O)CC(=O)CC3CCCc4ccccc43)c(C)o2)c1. The maximum Gasteiger partial charge on any atom is 0.226 e. The number of oxazole rings is 1. The van der Waals surface area contributed by atoms with Gasteiger partial charge in [0.05, 0.1) is 18.6 Å². The van der Waals surface area contributed by atoms with Crippen LogP contribution in [0, 0.1) is 6.92 Å². The van der Waals surface area contributed by atoms with E-state index in [4.69, 9.17) is 9.15 Å². The monoisotopic (exact) mass is 453 g/mol. The van der Waals surface area contributed by atoms with Crippen LogP contribution in [0.1, 0.15) is 47.8 Å². The van der Waals surface area contributed by atoms with Crippen LogP contribution < -0.4 is 4.74 Å². The van der Waals surface area contributed by atoms with Gasteiger partial charge in [-0.2, -0.15) is 0 Å². The zero-order valence-corrected chi connectivity index (χ0v) is 19.2. The second kappa shape index (κ2) is 9.28. The topological polar surface area (TPSA) is 86.5 Å². The third-order valence-corrected chi connectivity index (χ3v) is 7.39. The molecule has 0 radical (unpaired) electrons. The van der Waals surface area contributed by atoms with Crippen LogP contribution in [-0.2, 0) is 26.8 Å². The van der Waals surface area contributed by atoms with E-state index in [1.54, 1.807) is 26.2 Å². The summed E-state index contributed by atoms with van der Waals surface area (Å²) in [5.41, 5.74) is 3.48. The van der Waals surface area contributed by atoms with Crippen LogP contribution in [-0.4, -0.2) is 32.0 Å². The van der Waals surface area contributed by atoms with Gasteiger partial charge in [-0.25, -0.2) is 13.4 Å². The Balaban J connectivity index is 1.44. The van der Waals surface area contributed by atoms with Crippen molar-refractivity contribution in [3.8, 4) is 17.2 Å². The molecule has 0 aliphatic heterocycles. The van der Waals surface area contributed by atoms with Gasteiger partial charge >= 0.3 is 0 Å². The van der Waals surface area contributed by atoms with Crippen LogP contribution in [0.25, 0.3) is 11.5 Å². The van der Waals surface area contributed by atoms with E-state index in [9.17, 15) is 13.2 Å². The Morgan fingerprint density at radius 3 is 2.81 bits per heavy atom. The van der Waals surface area contributed by atoms with E-state index < -0.39 is 15.6 Å². The van der Waals surface area contributed by atoms with Crippen LogP contribution in [0.5, 0.6) is 5.75 Å². The molecule has 4 rings (SSSR count). The lowest BCUT2D eigenvalue weighted by atomic mass is 9.80. The standard InChI is InChI=1S/C25H27NO5S/c1-17-24(26-25(31-17)20-10-6-11-22(14-20)30-2)16-32(28,29)15-21(27)13-19-9-5-8-18-7-3-4-12-23(18)19/h3-4,6-7,10-12,14,19H,5,8-9,13,15-16H2,1-2H3. The number of hydrogen-bond donors (Lipinski definition) is 0. The average Bonchev–Trinajstić information content (AvgIpc) is 3.13. The van der Waals surface area contributed by atoms with Gasteiger partial charge < -0.3 is 9.15 Å². The molecule has 1 atom stereocenters. The molecule has 0 N–H and O–H groups in total. The van der Waals surface area contributed by atoms with Crippen molar-refractivity contribution < 1.29 is 22.4 Å². The normalized spacial score (nSPS) is 15.9. The van der Waals surface area contributed by atoms with Gasteiger partial charge in [0.25, 0.3) is 0 Å². The number of ether oxygens (including phenoxy) is 1. The van der Waals surface area contributed by atoms with Crippen molar-refractivity contribution in [3.63, 3.8) is 0 Å². The molecule has 7 heteroatoms. The zero-order chi connectivity index (χ0) is 22.7. The highest BCUT2D eigenvalue weighted by Crippen LogP contribution is 2.34. The molecule has 0 saturated heterocycles. The van der Waals surface area contributed by atoms with Gasteiger partial charge in [-0.3, -0.25) is 4.79 Å². The fourth-order valence-electron chi connectivity index (χ4n) is 4.35. The van der Waals surface area contributed by atoms with E-state index in [1.807, 2.05) is 24.3 Å². The highest BCUT2D eigenvalue weighted by molar-refractivity contribution is 7.91. The number of fused-ring (bicyclic) bond motifs is 1. The molecule has 168 valence electrons. The molecule has 1 aliphatic carbocycles. The number of sulfone groups is 1. The number of carbonyl (C=O) groups is 1. The Morgan fingerprint density at radius 1 is 1.19 bits per heavy atom. The predicted molar refractivity (Wildman–Crippen MR) is 122 cm³/mol. The number of benzene rings is 2. The maximum atomic E-state index is 12.8. The summed E-state index contributed by atoms with van der Waals surface area (Å²) in [6.45, 7) is 1.68. The summed E-state index contributed by atoms with van der Waals surface area (Å²) < 4.78 is 36.5. The molecule has 0 fully saturated rings. The Kier molecular flexibility index (Phi) is 6.46. The van der Waals surface area contributed by atoms with E-state index in [2.05, 4.69) is 17.1 Å². The quantitative estimate of drug-likeness (QED) is 0.493. The predicted octanol–water partition coefficient (Wildman–Crippen LogP) is 4.65. The van der Waals surface area contributed by atoms with Gasteiger partial charge in [0.1, 0.15) is 23.0 Å². The van der Waals surface area contributed by atoms with Crippen LogP contribution in [0.3, 0.4) is 0 Å². The summed E-state index contributed by atoms with van der Waals surface area (Å²) in [6.07, 6.45) is 3.20. The van der Waals surface area contributed by atoms with E-state index in [1.165, 1.54) is 11.1 Å². The van der Waals surface area contributed by atoms with Crippen LogP contribution in [0.4, 0.5) is 0 Å². The summed E-state index contributed by atoms with van der Waals surface area (Å²) in [4.78, 5) is 17.1. The lowest BCUT2D eigenvalue weighted by Crippen LogP contribution is -2.21. The largest absolute Gasteiger partial charge is 0.497 e. The number of hydrogen-bond acceptors (Lipinski definition) is 6. The molecular formula is C25H27NO5S. The molecule has 0 spiro atoms. The molecular weight excluding hydrogens is 426 g/mol. The first-order valence-corrected chi connectivity index (χ1v) is 12.6. The van der Waals surface area contributed by atoms with Gasteiger partial charge in [0.2, 0.25) is 5.89 Å². The molecule has 6 nitrogen and oxygen atoms in total. The van der Waals surface area contributed by atoms with Gasteiger partial charge in [-0.05, 0) is 61.4 Å². The maximum absolute atomic E-state index is 12.8. The van der Waals surface area contributed by atoms with E-state index in [-0.39, 0.29) is 23.9 Å². The zero-order valence-electron chi connectivity index (χ0n) is 18.3. The minimum Gasteiger partial charge on any atom is -0.497 e. The minimum absolute atomic E-state index is 0.0936. The lowest BCUT2D eigenvalue weighted by molar-refractivity contribution is -0.117. The first-order chi connectivity index (χ1) is 15.3. The van der Waals surface area contributed by atoms with Crippen LogP contribution in [0.15, 0.2) is 52.9 Å². The van der Waals surface area contributed by atoms with Gasteiger partial charge in [-0.1, -0.05) is 30.3 Å². The number of aryl methyl sites for hydroxylation is 2. The van der Waals surface area contributed by atoms with Crippen molar-refractivity contribution in [3.05, 3.63) is 71.1 Å². The lowest BCUT2D eigenvalue weighted by Gasteiger charge is -2.24. The summed E-state index contributed by atoms with van der Waals surface area (Å²) in [5.74, 6) is 0.460. The fourth-order valence-corrected chi connectivity index (χ4v) is 5.74. The second-order valence-corrected chi connectivity index (χ2v) is 10.4. The Labute approximate surface area is 188 Å². The van der Waals surface area contributed by atoms with Crippen LogP contribution >= 0.6 is 0 Å². The Bertz CT molecular complexity index is 1230. The number of ketones is 1. The molecule has 0 amide bonds. The van der Waals surface area contributed by atoms with E-state index >= 15 is 0 Å². The third-order valence-electron chi connectivity index (χ3n) is 5.91. The van der Waals surface area contributed by atoms with Crippen molar-refractivity contribution in [1.82, 2.24) is 4.98 Å². The number of Topliss-reactive ketones (excluding diaryl/α,β-unsaturated/α-hetero) is 1. The highest BCUT2D eigenvalue weighted by atomic mass is 32.2. The number of aromatic nitrogens is 1. The first-order valence-electron chi connectivity index (χ1n) is 10.8. The third kappa shape index (κ3) is 5.10. The molecule has 3 aromatic rings. The molecule has 0 saturated carbocycles. The number of methoxy groups -OCH3 is 1. The van der Waals surface area contributed by atoms with E-state index in [0.29, 0.717) is 28.7 Å². The molecule has 2 aromatic carbocycles. The molecule has 32 heavy (non-hydrogen) atoms. The summed E-state index contributed by atoms with van der Waals surface area (Å²) in [5, 5.41) is 0. The molecule has 1 aliphatic rings. The van der Waals surface area contributed by atoms with Crippen molar-refractivity contribution in [1.29, 1.82) is 0 Å². The van der Waals surface area contributed by atoms with Gasteiger partial charge in [0.15, 0.2) is 9.84 Å². The molecule has 0 bridgehead atoms. The van der Waals surface area contributed by atoms with Gasteiger partial charge in [-0.15, -0.1) is 0 Å². The van der Waals surface area contributed by atoms with Gasteiger partial charge in [0, 0.05) is 12.0 Å². The van der Waals surface area contributed by atoms with E-state index in [0.717, 1.165) is 19.3 Å². The Morgan fingerprint density at radius 2 is 2.00 bits per heavy atom. The minimum atomic E-state index is -3.66. The summed E-state index contributed by atoms with van der Waals surface area (Å²) in [6, 6.07) is 15.3. The number of nitrogens with zero attached hydrogens (tertiary/aromatic N) is 1. The van der Waals surface area contributed by atoms with Crippen molar-refractivity contribution in [2.45, 2.75) is 44.3 Å². The average molecular weight is 454 g/mol. The van der Waals surface area contributed by atoms with Crippen molar-refractivity contribution in [2.24, 2.45) is 0 Å². The molecule has 1 aromatic heterocycles. The second-order valence-electron chi connectivity index (χ2n) is 8.32. The summed E-state index contributed by atoms with van der Waals surface area (Å²) in [7, 11) is -2.09. The molecule has 1 heterocycles. The Hall–Kier alpha value is -2.93. The summed E-state index contributed by atoms with van der Waals surface area (Å²) >= 11 is 0. The smallest absolute Gasteiger partial charge is 0.226 e. The fraction of sp³-hybridized carbons (Fsp3) is 0.360. The number of carbonyl (C=O) groups excluding carboxylic acids is 1. The van der Waals surface area contributed by atoms with Crippen LogP contribution in [0.2, 0.25) is 0 Å². The first kappa shape index (κ1) is 22.3. The highest BCUT2D eigenvalue weighted by Gasteiger charge is 2.26. The van der Waals surface area contributed by atoms with Crippen molar-refractivity contribution >= 4 is 15.6 Å². The van der Waals surface area contributed by atoms with Crippen molar-refractivity contribution in [2.75, 3.05) is 12.9 Å². The molecule has 1 unspecified atom stereocenters. The number of rotatable bonds is 8.